The monoisotopic (exact) mass is 431 g/mol. The molecule has 0 aliphatic rings. The first-order chi connectivity index (χ1) is 14.1. The minimum Gasteiger partial charge on any atom is -0.481 e. The summed E-state index contributed by atoms with van der Waals surface area (Å²) in [6.45, 7) is -0.931. The van der Waals surface area contributed by atoms with Gasteiger partial charge in [0.2, 0.25) is 11.8 Å². The molecule has 0 radical (unpaired) electrons. The number of carbonyl (C=O) groups is 5. The highest BCUT2D eigenvalue weighted by atomic mass is 19.1. The van der Waals surface area contributed by atoms with Crippen molar-refractivity contribution in [3.05, 3.63) is 11.9 Å². The van der Waals surface area contributed by atoms with Gasteiger partial charge in [-0.2, -0.15) is 0 Å². The Bertz CT molecular complexity index is 783. The fourth-order valence-corrected chi connectivity index (χ4v) is 2.33. The maximum Gasteiger partial charge on any atom is 0.326 e. The third kappa shape index (κ3) is 9.07. The Morgan fingerprint density at radius 2 is 1.67 bits per heavy atom. The van der Waals surface area contributed by atoms with Crippen LogP contribution in [0.1, 0.15) is 31.4 Å². The Morgan fingerprint density at radius 1 is 1.03 bits per heavy atom. The average molecular weight is 431 g/mol. The van der Waals surface area contributed by atoms with E-state index in [2.05, 4.69) is 15.6 Å². The van der Waals surface area contributed by atoms with E-state index in [4.69, 9.17) is 10.2 Å². The van der Waals surface area contributed by atoms with Gasteiger partial charge in [-0.1, -0.05) is 5.21 Å². The zero-order valence-electron chi connectivity index (χ0n) is 15.8. The number of hydrogen-bond donors (Lipinski definition) is 5. The van der Waals surface area contributed by atoms with Crippen LogP contribution in [0.15, 0.2) is 6.20 Å². The molecule has 166 valence electrons. The van der Waals surface area contributed by atoms with Crippen LogP contribution in [0.3, 0.4) is 0 Å². The number of aliphatic carboxylic acids is 3. The minimum atomic E-state index is -1.65. The highest BCUT2D eigenvalue weighted by molar-refractivity contribution is 5.90. The van der Waals surface area contributed by atoms with E-state index in [0.29, 0.717) is 12.1 Å². The highest BCUT2D eigenvalue weighted by Gasteiger charge is 2.27. The second-order valence-electron chi connectivity index (χ2n) is 6.25. The number of alkyl halides is 1. The fourth-order valence-electron chi connectivity index (χ4n) is 2.33. The fraction of sp³-hybridized carbons (Fsp3) is 0.562. The number of aromatic nitrogens is 3. The van der Waals surface area contributed by atoms with E-state index in [1.54, 1.807) is 0 Å². The Balaban J connectivity index is 2.61. The van der Waals surface area contributed by atoms with Crippen molar-refractivity contribution >= 4 is 29.7 Å². The summed E-state index contributed by atoms with van der Waals surface area (Å²) in [5, 5.41) is 38.4. The predicted octanol–water partition coefficient (Wildman–Crippen LogP) is -1.43. The minimum absolute atomic E-state index is 0.241. The van der Waals surface area contributed by atoms with E-state index in [9.17, 15) is 33.5 Å². The van der Waals surface area contributed by atoms with Crippen molar-refractivity contribution in [1.29, 1.82) is 0 Å². The zero-order chi connectivity index (χ0) is 22.7. The van der Waals surface area contributed by atoms with Crippen LogP contribution in [0.2, 0.25) is 0 Å². The zero-order valence-corrected chi connectivity index (χ0v) is 15.8. The molecule has 0 aromatic carbocycles. The molecule has 0 unspecified atom stereocenters. The lowest BCUT2D eigenvalue weighted by atomic mass is 10.1. The van der Waals surface area contributed by atoms with E-state index < -0.39 is 74.3 Å². The molecule has 1 aromatic rings. The molecule has 0 aliphatic heterocycles. The van der Waals surface area contributed by atoms with E-state index in [1.807, 2.05) is 5.32 Å². The van der Waals surface area contributed by atoms with Crippen LogP contribution in [0.25, 0.3) is 0 Å². The largest absolute Gasteiger partial charge is 0.481 e. The lowest BCUT2D eigenvalue weighted by molar-refractivity contribution is -0.145. The van der Waals surface area contributed by atoms with Crippen LogP contribution in [0.4, 0.5) is 4.39 Å². The van der Waals surface area contributed by atoms with Crippen molar-refractivity contribution < 1.29 is 43.7 Å². The summed E-state index contributed by atoms with van der Waals surface area (Å²) in [5.41, 5.74) is 0.454. The Hall–Kier alpha value is -3.58. The summed E-state index contributed by atoms with van der Waals surface area (Å²) in [7, 11) is 0. The van der Waals surface area contributed by atoms with E-state index in [1.165, 1.54) is 6.20 Å². The molecule has 0 aliphatic carbocycles. The number of rotatable bonds is 14. The van der Waals surface area contributed by atoms with E-state index >= 15 is 0 Å². The van der Waals surface area contributed by atoms with Crippen molar-refractivity contribution in [3.63, 3.8) is 0 Å². The van der Waals surface area contributed by atoms with Gasteiger partial charge in [0, 0.05) is 12.6 Å². The SMILES string of the molecule is O=C(O)CC[C@H](NC(=O)C[C@@H](NC(=O)Cn1cc(CCCF)nn1)C(=O)O)C(=O)O. The Labute approximate surface area is 169 Å². The molecule has 1 aromatic heterocycles. The maximum absolute atomic E-state index is 12.2. The van der Waals surface area contributed by atoms with E-state index in [-0.39, 0.29) is 6.42 Å². The van der Waals surface area contributed by atoms with Crippen molar-refractivity contribution in [1.82, 2.24) is 25.6 Å². The predicted molar refractivity (Wildman–Crippen MR) is 94.9 cm³/mol. The topological polar surface area (TPSA) is 201 Å². The molecule has 1 rings (SSSR count). The summed E-state index contributed by atoms with van der Waals surface area (Å²) in [6, 6.07) is -3.17. The maximum atomic E-state index is 12.2. The number of carboxylic acids is 3. The third-order valence-electron chi connectivity index (χ3n) is 3.76. The summed E-state index contributed by atoms with van der Waals surface area (Å²) < 4.78 is 13.3. The number of nitrogens with one attached hydrogen (secondary N) is 2. The molecule has 5 N–H and O–H groups in total. The second kappa shape index (κ2) is 12.1. The number of carbonyl (C=O) groups excluding carboxylic acids is 2. The number of hydrogen-bond acceptors (Lipinski definition) is 7. The van der Waals surface area contributed by atoms with Gasteiger partial charge in [0.15, 0.2) is 0 Å². The average Bonchev–Trinajstić information content (AvgIpc) is 3.09. The highest BCUT2D eigenvalue weighted by Crippen LogP contribution is 2.02. The van der Waals surface area contributed by atoms with Crippen molar-refractivity contribution in [2.24, 2.45) is 0 Å². The molecule has 0 fully saturated rings. The van der Waals surface area contributed by atoms with Crippen LogP contribution in [0.5, 0.6) is 0 Å². The van der Waals surface area contributed by atoms with Crippen LogP contribution in [0, 0.1) is 0 Å². The molecule has 30 heavy (non-hydrogen) atoms. The molecule has 14 heteroatoms. The molecule has 0 saturated carbocycles. The quantitative estimate of drug-likeness (QED) is 0.232. The summed E-state index contributed by atoms with van der Waals surface area (Å²) in [6.07, 6.45) is 0.293. The molecule has 1 heterocycles. The summed E-state index contributed by atoms with van der Waals surface area (Å²) >= 11 is 0. The summed E-state index contributed by atoms with van der Waals surface area (Å²) in [4.78, 5) is 56.9. The number of halogens is 1. The van der Waals surface area contributed by atoms with Gasteiger partial charge in [0.1, 0.15) is 18.6 Å². The molecular formula is C16H22FN5O8. The smallest absolute Gasteiger partial charge is 0.326 e. The first-order valence-corrected chi connectivity index (χ1v) is 8.83. The van der Waals surface area contributed by atoms with Crippen LogP contribution >= 0.6 is 0 Å². The molecule has 13 nitrogen and oxygen atoms in total. The third-order valence-corrected chi connectivity index (χ3v) is 3.76. The first-order valence-electron chi connectivity index (χ1n) is 8.83. The molecular weight excluding hydrogens is 409 g/mol. The van der Waals surface area contributed by atoms with Gasteiger partial charge in [-0.3, -0.25) is 18.8 Å². The number of amides is 2. The van der Waals surface area contributed by atoms with Gasteiger partial charge >= 0.3 is 17.9 Å². The number of aryl methyl sites for hydroxylation is 1. The van der Waals surface area contributed by atoms with Gasteiger partial charge in [-0.05, 0) is 19.3 Å². The van der Waals surface area contributed by atoms with Gasteiger partial charge in [-0.15, -0.1) is 5.10 Å². The van der Waals surface area contributed by atoms with Crippen molar-refractivity contribution in [2.45, 2.75) is 50.7 Å². The molecule has 2 atom stereocenters. The van der Waals surface area contributed by atoms with Crippen molar-refractivity contribution in [2.75, 3.05) is 6.67 Å². The van der Waals surface area contributed by atoms with Crippen LogP contribution < -0.4 is 10.6 Å². The lowest BCUT2D eigenvalue weighted by Crippen LogP contribution is -2.48. The molecule has 0 bridgehead atoms. The Morgan fingerprint density at radius 3 is 2.23 bits per heavy atom. The number of nitrogens with zero attached hydrogens (tertiary/aromatic N) is 3. The first kappa shape index (κ1) is 24.5. The summed E-state index contributed by atoms with van der Waals surface area (Å²) in [5.74, 6) is -6.05. The van der Waals surface area contributed by atoms with Gasteiger partial charge in [0.25, 0.3) is 0 Å². The van der Waals surface area contributed by atoms with Gasteiger partial charge in [-0.25, -0.2) is 14.3 Å². The van der Waals surface area contributed by atoms with E-state index in [0.717, 1.165) is 4.68 Å². The van der Waals surface area contributed by atoms with Crippen LogP contribution in [-0.2, 0) is 36.9 Å². The van der Waals surface area contributed by atoms with Crippen LogP contribution in [-0.4, -0.2) is 78.8 Å². The van der Waals surface area contributed by atoms with Gasteiger partial charge < -0.3 is 26.0 Å². The van der Waals surface area contributed by atoms with Gasteiger partial charge in [0.05, 0.1) is 18.8 Å². The lowest BCUT2D eigenvalue weighted by Gasteiger charge is -2.17. The number of carboxylic acid groups (broad SMARTS) is 3. The second-order valence-corrected chi connectivity index (χ2v) is 6.25. The molecule has 2 amide bonds. The van der Waals surface area contributed by atoms with Crippen molar-refractivity contribution in [3.8, 4) is 0 Å². The molecule has 0 saturated heterocycles. The Kier molecular flexibility index (Phi) is 9.85. The molecule has 0 spiro atoms. The normalized spacial score (nSPS) is 12.6. The standard InChI is InChI=1S/C16H22FN5O8/c17-5-1-2-9-7-22(21-20-9)8-13(24)19-11(16(29)30)6-12(23)18-10(15(27)28)3-4-14(25)26/h7,10-11H,1-6,8H2,(H,18,23)(H,19,24)(H,25,26)(H,27,28)(H,29,30)/t10-,11+/m0/s1.